The summed E-state index contributed by atoms with van der Waals surface area (Å²) < 4.78 is 4.80. The molecule has 1 atom stereocenters. The van der Waals surface area contributed by atoms with Crippen LogP contribution in [0.15, 0.2) is 24.3 Å². The second-order valence-electron chi connectivity index (χ2n) is 4.54. The summed E-state index contributed by atoms with van der Waals surface area (Å²) >= 11 is 0. The number of rotatable bonds is 5. The summed E-state index contributed by atoms with van der Waals surface area (Å²) in [6.07, 6.45) is -0.988. The van der Waals surface area contributed by atoms with Crippen LogP contribution in [0.3, 0.4) is 0 Å². The van der Waals surface area contributed by atoms with Crippen LogP contribution in [0.4, 0.5) is 0 Å². The summed E-state index contributed by atoms with van der Waals surface area (Å²) in [5, 5.41) is 11.7. The van der Waals surface area contributed by atoms with E-state index in [-0.39, 0.29) is 6.54 Å². The maximum atomic E-state index is 11.6. The number of carbonyl (C=O) groups excluding carboxylic acids is 2. The van der Waals surface area contributed by atoms with E-state index in [0.717, 1.165) is 15.9 Å². The van der Waals surface area contributed by atoms with Crippen molar-refractivity contribution in [2.75, 3.05) is 0 Å². The molecule has 0 radical (unpaired) electrons. The van der Waals surface area contributed by atoms with Crippen molar-refractivity contribution in [2.45, 2.75) is 26.5 Å². The Bertz CT molecular complexity index is 650. The summed E-state index contributed by atoms with van der Waals surface area (Å²) in [5.74, 6) is -0.963. The average Bonchev–Trinajstić information content (AvgIpc) is 2.87. The summed E-state index contributed by atoms with van der Waals surface area (Å²) in [4.78, 5) is 23.5. The number of aromatic nitrogens is 4. The lowest BCUT2D eigenvalue weighted by Crippen LogP contribution is -2.31. The Morgan fingerprint density at radius 1 is 1.33 bits per heavy atom. The predicted octanol–water partition coefficient (Wildman–Crippen LogP) is 0.0655. The lowest BCUT2D eigenvalue weighted by atomic mass is 10.1. The van der Waals surface area contributed by atoms with E-state index in [2.05, 4.69) is 15.4 Å². The van der Waals surface area contributed by atoms with Gasteiger partial charge in [0.1, 0.15) is 0 Å². The summed E-state index contributed by atoms with van der Waals surface area (Å²) in [7, 11) is 0. The van der Waals surface area contributed by atoms with Gasteiger partial charge in [0.2, 0.25) is 5.82 Å². The van der Waals surface area contributed by atoms with Crippen LogP contribution >= 0.6 is 0 Å². The number of nitrogens with two attached hydrogens (primary N) is 1. The molecule has 1 heterocycles. The maximum absolute atomic E-state index is 11.6. The van der Waals surface area contributed by atoms with Gasteiger partial charge in [0, 0.05) is 5.56 Å². The first-order valence-electron chi connectivity index (χ1n) is 6.29. The minimum absolute atomic E-state index is 0.240. The van der Waals surface area contributed by atoms with Crippen molar-refractivity contribution in [1.29, 1.82) is 0 Å². The van der Waals surface area contributed by atoms with Crippen LogP contribution in [0.5, 0.6) is 0 Å². The molecule has 1 aromatic heterocycles. The molecule has 0 bridgehead atoms. The van der Waals surface area contributed by atoms with Crippen molar-refractivity contribution in [3.05, 3.63) is 29.8 Å². The van der Waals surface area contributed by atoms with E-state index in [0.29, 0.717) is 5.82 Å². The van der Waals surface area contributed by atoms with Gasteiger partial charge in [-0.3, -0.25) is 4.79 Å². The Balaban J connectivity index is 2.01. The zero-order chi connectivity index (χ0) is 15.4. The number of amides is 1. The highest BCUT2D eigenvalue weighted by Crippen LogP contribution is 2.13. The van der Waals surface area contributed by atoms with Gasteiger partial charge in [-0.25, -0.2) is 4.79 Å². The van der Waals surface area contributed by atoms with Gasteiger partial charge in [0.15, 0.2) is 12.6 Å². The summed E-state index contributed by atoms with van der Waals surface area (Å²) in [6, 6.07) is 7.59. The molecule has 2 N–H and O–H groups in total. The van der Waals surface area contributed by atoms with Crippen LogP contribution < -0.4 is 5.73 Å². The number of esters is 1. The van der Waals surface area contributed by atoms with Gasteiger partial charge in [-0.15, -0.1) is 10.2 Å². The third-order valence-electron chi connectivity index (χ3n) is 2.74. The van der Waals surface area contributed by atoms with E-state index < -0.39 is 18.0 Å². The summed E-state index contributed by atoms with van der Waals surface area (Å²) in [6.45, 7) is 3.13. The van der Waals surface area contributed by atoms with Crippen molar-refractivity contribution in [2.24, 2.45) is 5.73 Å². The van der Waals surface area contributed by atoms with Crippen LogP contribution in [0.1, 0.15) is 12.5 Å². The molecule has 110 valence electrons. The Morgan fingerprint density at radius 2 is 2.00 bits per heavy atom. The molecule has 0 aliphatic rings. The quantitative estimate of drug-likeness (QED) is 0.779. The standard InChI is InChI=1S/C13H15N5O3/c1-8-3-5-10(6-4-8)13-15-17-18(16-13)7-11(19)21-9(2)12(14)20/h3-6,9H,7H2,1-2H3,(H2,14,20)/t9-/m0/s1. The fraction of sp³-hybridized carbons (Fsp3) is 0.308. The molecule has 0 fully saturated rings. The van der Waals surface area contributed by atoms with Crippen molar-refractivity contribution < 1.29 is 14.3 Å². The smallest absolute Gasteiger partial charge is 0.330 e. The molecule has 0 saturated heterocycles. The van der Waals surface area contributed by atoms with Gasteiger partial charge in [0.05, 0.1) is 0 Å². The van der Waals surface area contributed by atoms with E-state index in [1.807, 2.05) is 31.2 Å². The van der Waals surface area contributed by atoms with Gasteiger partial charge < -0.3 is 10.5 Å². The molecule has 21 heavy (non-hydrogen) atoms. The lowest BCUT2D eigenvalue weighted by molar-refractivity contribution is -0.154. The van der Waals surface area contributed by atoms with Crippen molar-refractivity contribution in [1.82, 2.24) is 20.2 Å². The molecule has 1 aromatic carbocycles. The third kappa shape index (κ3) is 3.85. The Labute approximate surface area is 120 Å². The zero-order valence-electron chi connectivity index (χ0n) is 11.7. The molecule has 0 aliphatic carbocycles. The fourth-order valence-electron chi connectivity index (χ4n) is 1.54. The van der Waals surface area contributed by atoms with E-state index in [1.165, 1.54) is 6.92 Å². The molecule has 0 unspecified atom stereocenters. The molecule has 0 aliphatic heterocycles. The van der Waals surface area contributed by atoms with Crippen LogP contribution in [-0.4, -0.2) is 38.2 Å². The topological polar surface area (TPSA) is 113 Å². The first-order chi connectivity index (χ1) is 9.95. The maximum Gasteiger partial charge on any atom is 0.330 e. The van der Waals surface area contributed by atoms with E-state index in [4.69, 9.17) is 10.5 Å². The minimum Gasteiger partial charge on any atom is -0.451 e. The number of tetrazole rings is 1. The molecule has 2 aromatic rings. The van der Waals surface area contributed by atoms with Crippen LogP contribution in [0.2, 0.25) is 0 Å². The van der Waals surface area contributed by atoms with Crippen LogP contribution in [-0.2, 0) is 20.9 Å². The number of carbonyl (C=O) groups is 2. The Hall–Kier alpha value is -2.77. The van der Waals surface area contributed by atoms with Gasteiger partial charge in [-0.05, 0) is 19.1 Å². The van der Waals surface area contributed by atoms with Gasteiger partial charge in [-0.2, -0.15) is 4.80 Å². The lowest BCUT2D eigenvalue weighted by Gasteiger charge is -2.08. The van der Waals surface area contributed by atoms with Crippen molar-refractivity contribution in [3.8, 4) is 11.4 Å². The highest BCUT2D eigenvalue weighted by molar-refractivity contribution is 5.81. The SMILES string of the molecule is Cc1ccc(-c2nnn(CC(=O)O[C@@H](C)C(N)=O)n2)cc1. The van der Waals surface area contributed by atoms with E-state index >= 15 is 0 Å². The third-order valence-corrected chi connectivity index (χ3v) is 2.74. The number of aryl methyl sites for hydroxylation is 1. The normalized spacial score (nSPS) is 11.9. The van der Waals surface area contributed by atoms with E-state index in [1.54, 1.807) is 0 Å². The molecular formula is C13H15N5O3. The second-order valence-corrected chi connectivity index (χ2v) is 4.54. The molecule has 0 spiro atoms. The zero-order valence-corrected chi connectivity index (χ0v) is 11.7. The molecule has 0 saturated carbocycles. The molecule has 8 heteroatoms. The minimum atomic E-state index is -0.988. The number of hydrogen-bond donors (Lipinski definition) is 1. The van der Waals surface area contributed by atoms with Gasteiger partial charge >= 0.3 is 5.97 Å². The Morgan fingerprint density at radius 3 is 2.62 bits per heavy atom. The molecular weight excluding hydrogens is 274 g/mol. The number of benzene rings is 1. The highest BCUT2D eigenvalue weighted by Gasteiger charge is 2.16. The number of primary amides is 1. The van der Waals surface area contributed by atoms with Crippen molar-refractivity contribution in [3.63, 3.8) is 0 Å². The number of ether oxygens (including phenoxy) is 1. The van der Waals surface area contributed by atoms with Gasteiger partial charge in [-0.1, -0.05) is 29.8 Å². The molecule has 1 amide bonds. The molecule has 2 rings (SSSR count). The van der Waals surface area contributed by atoms with Crippen LogP contribution in [0, 0.1) is 6.92 Å². The first kappa shape index (κ1) is 14.6. The largest absolute Gasteiger partial charge is 0.451 e. The molecule has 8 nitrogen and oxygen atoms in total. The monoisotopic (exact) mass is 289 g/mol. The number of hydrogen-bond acceptors (Lipinski definition) is 6. The van der Waals surface area contributed by atoms with Gasteiger partial charge in [0.25, 0.3) is 5.91 Å². The fourth-order valence-corrected chi connectivity index (χ4v) is 1.54. The van der Waals surface area contributed by atoms with Crippen molar-refractivity contribution >= 4 is 11.9 Å². The van der Waals surface area contributed by atoms with E-state index in [9.17, 15) is 9.59 Å². The predicted molar refractivity (Wildman–Crippen MR) is 72.7 cm³/mol. The van der Waals surface area contributed by atoms with Crippen LogP contribution in [0.25, 0.3) is 11.4 Å². The number of nitrogens with zero attached hydrogens (tertiary/aromatic N) is 4. The average molecular weight is 289 g/mol. The Kier molecular flexibility index (Phi) is 4.27. The summed E-state index contributed by atoms with van der Waals surface area (Å²) in [5.41, 5.74) is 6.92. The first-order valence-corrected chi connectivity index (χ1v) is 6.29. The highest BCUT2D eigenvalue weighted by atomic mass is 16.5. The second kappa shape index (κ2) is 6.12.